The van der Waals surface area contributed by atoms with E-state index in [1.165, 1.54) is 0 Å². The molecular formula is C12H17NO4. The highest BCUT2D eigenvalue weighted by molar-refractivity contribution is 5.88. The minimum atomic E-state index is -0.943. The summed E-state index contributed by atoms with van der Waals surface area (Å²) in [4.78, 5) is 10.8. The third kappa shape index (κ3) is 3.08. The van der Waals surface area contributed by atoms with Gasteiger partial charge in [0.25, 0.3) is 0 Å². The van der Waals surface area contributed by atoms with Crippen molar-refractivity contribution in [1.29, 1.82) is 0 Å². The molecule has 1 unspecified atom stereocenters. The van der Waals surface area contributed by atoms with Crippen LogP contribution in [0.2, 0.25) is 0 Å². The number of aromatic carboxylic acids is 1. The molecule has 17 heavy (non-hydrogen) atoms. The lowest BCUT2D eigenvalue weighted by molar-refractivity contribution is 0.0695. The van der Waals surface area contributed by atoms with Crippen molar-refractivity contribution in [2.24, 2.45) is 5.92 Å². The van der Waals surface area contributed by atoms with Crippen molar-refractivity contribution in [2.75, 3.05) is 19.8 Å². The van der Waals surface area contributed by atoms with Gasteiger partial charge in [0.15, 0.2) is 0 Å². The number of aryl methyl sites for hydroxylation is 1. The van der Waals surface area contributed by atoms with Crippen LogP contribution < -0.4 is 5.32 Å². The van der Waals surface area contributed by atoms with Gasteiger partial charge < -0.3 is 19.6 Å². The average molecular weight is 239 g/mol. The van der Waals surface area contributed by atoms with Gasteiger partial charge in [0.2, 0.25) is 0 Å². The number of rotatable bonds is 5. The Morgan fingerprint density at radius 2 is 2.47 bits per heavy atom. The molecule has 1 saturated heterocycles. The zero-order valence-corrected chi connectivity index (χ0v) is 9.86. The van der Waals surface area contributed by atoms with Crippen LogP contribution in [0.3, 0.4) is 0 Å². The second-order valence-corrected chi connectivity index (χ2v) is 4.35. The normalized spacial score (nSPS) is 19.7. The standard InChI is InChI=1S/C12H17NO4/c1-8-11(12(14)15)4-10(17-8)6-13-5-9-2-3-16-7-9/h4,9,13H,2-3,5-7H2,1H3,(H,14,15). The van der Waals surface area contributed by atoms with Gasteiger partial charge in [0.05, 0.1) is 13.2 Å². The Kier molecular flexibility index (Phi) is 3.81. The van der Waals surface area contributed by atoms with Crippen LogP contribution >= 0.6 is 0 Å². The summed E-state index contributed by atoms with van der Waals surface area (Å²) in [6.45, 7) is 4.75. The van der Waals surface area contributed by atoms with Crippen LogP contribution in [-0.4, -0.2) is 30.8 Å². The first kappa shape index (κ1) is 12.1. The maximum atomic E-state index is 10.8. The predicted molar refractivity (Wildman–Crippen MR) is 61.0 cm³/mol. The SMILES string of the molecule is Cc1oc(CNCC2CCOC2)cc1C(=O)O. The summed E-state index contributed by atoms with van der Waals surface area (Å²) in [6, 6.07) is 1.58. The van der Waals surface area contributed by atoms with Crippen molar-refractivity contribution >= 4 is 5.97 Å². The molecule has 5 nitrogen and oxygen atoms in total. The summed E-state index contributed by atoms with van der Waals surface area (Å²) < 4.78 is 10.6. The number of carbonyl (C=O) groups is 1. The van der Waals surface area contributed by atoms with E-state index in [-0.39, 0.29) is 5.56 Å². The summed E-state index contributed by atoms with van der Waals surface area (Å²) in [6.07, 6.45) is 1.09. The Hall–Kier alpha value is -1.33. The van der Waals surface area contributed by atoms with Crippen LogP contribution in [-0.2, 0) is 11.3 Å². The molecule has 0 aromatic carbocycles. The van der Waals surface area contributed by atoms with E-state index in [9.17, 15) is 4.79 Å². The maximum Gasteiger partial charge on any atom is 0.339 e. The smallest absolute Gasteiger partial charge is 0.339 e. The van der Waals surface area contributed by atoms with E-state index < -0.39 is 5.97 Å². The summed E-state index contributed by atoms with van der Waals surface area (Å²) in [7, 11) is 0. The van der Waals surface area contributed by atoms with Gasteiger partial charge in [-0.25, -0.2) is 4.79 Å². The third-order valence-electron chi connectivity index (χ3n) is 2.96. The summed E-state index contributed by atoms with van der Waals surface area (Å²) >= 11 is 0. The fraction of sp³-hybridized carbons (Fsp3) is 0.583. The molecule has 1 aromatic rings. The van der Waals surface area contributed by atoms with Crippen molar-refractivity contribution in [3.05, 3.63) is 23.2 Å². The van der Waals surface area contributed by atoms with Gasteiger partial charge >= 0.3 is 5.97 Å². The molecular weight excluding hydrogens is 222 g/mol. The fourth-order valence-corrected chi connectivity index (χ4v) is 1.99. The second-order valence-electron chi connectivity index (χ2n) is 4.35. The third-order valence-corrected chi connectivity index (χ3v) is 2.96. The molecule has 0 bridgehead atoms. The lowest BCUT2D eigenvalue weighted by atomic mass is 10.1. The fourth-order valence-electron chi connectivity index (χ4n) is 1.99. The Labute approximate surface area is 99.8 Å². The molecule has 2 heterocycles. The summed E-state index contributed by atoms with van der Waals surface area (Å²) in [5, 5.41) is 12.1. The Balaban J connectivity index is 1.82. The Bertz CT molecular complexity index is 393. The number of hydrogen-bond acceptors (Lipinski definition) is 4. The largest absolute Gasteiger partial charge is 0.478 e. The summed E-state index contributed by atoms with van der Waals surface area (Å²) in [5.41, 5.74) is 0.242. The number of carboxylic acids is 1. The number of furan rings is 1. The number of ether oxygens (including phenoxy) is 1. The molecule has 0 radical (unpaired) electrons. The van der Waals surface area contributed by atoms with E-state index in [1.807, 2.05) is 0 Å². The molecule has 2 N–H and O–H groups in total. The molecule has 94 valence electrons. The van der Waals surface area contributed by atoms with Crippen molar-refractivity contribution in [3.63, 3.8) is 0 Å². The first-order chi connectivity index (χ1) is 8.16. The number of nitrogens with one attached hydrogen (secondary N) is 1. The highest BCUT2D eigenvalue weighted by atomic mass is 16.5. The first-order valence-electron chi connectivity index (χ1n) is 5.78. The first-order valence-corrected chi connectivity index (χ1v) is 5.78. The minimum Gasteiger partial charge on any atom is -0.478 e. The lowest BCUT2D eigenvalue weighted by Gasteiger charge is -2.07. The van der Waals surface area contributed by atoms with Crippen LogP contribution in [0.15, 0.2) is 10.5 Å². The summed E-state index contributed by atoms with van der Waals surface area (Å²) in [5.74, 6) is 0.740. The van der Waals surface area contributed by atoms with Gasteiger partial charge in [-0.3, -0.25) is 0 Å². The lowest BCUT2D eigenvalue weighted by Crippen LogP contribution is -2.22. The van der Waals surface area contributed by atoms with Gasteiger partial charge in [-0.1, -0.05) is 0 Å². The molecule has 1 aromatic heterocycles. The predicted octanol–water partition coefficient (Wildman–Crippen LogP) is 1.41. The van der Waals surface area contributed by atoms with E-state index in [4.69, 9.17) is 14.3 Å². The van der Waals surface area contributed by atoms with Crippen LogP contribution in [0.25, 0.3) is 0 Å². The molecule has 5 heteroatoms. The second kappa shape index (κ2) is 5.33. The van der Waals surface area contributed by atoms with Crippen molar-refractivity contribution < 1.29 is 19.1 Å². The monoisotopic (exact) mass is 239 g/mol. The van der Waals surface area contributed by atoms with Gasteiger partial charge in [-0.2, -0.15) is 0 Å². The van der Waals surface area contributed by atoms with Gasteiger partial charge in [0.1, 0.15) is 17.1 Å². The van der Waals surface area contributed by atoms with Crippen LogP contribution in [0.4, 0.5) is 0 Å². The zero-order chi connectivity index (χ0) is 12.3. The number of carboxylic acid groups (broad SMARTS) is 1. The van der Waals surface area contributed by atoms with Crippen molar-refractivity contribution in [2.45, 2.75) is 19.9 Å². The molecule has 1 aliphatic heterocycles. The van der Waals surface area contributed by atoms with Crippen LogP contribution in [0.1, 0.15) is 28.3 Å². The molecule has 2 rings (SSSR count). The Morgan fingerprint density at radius 1 is 1.65 bits per heavy atom. The molecule has 1 aliphatic rings. The van der Waals surface area contributed by atoms with E-state index in [1.54, 1.807) is 13.0 Å². The molecule has 0 spiro atoms. The van der Waals surface area contributed by atoms with Gasteiger partial charge in [0, 0.05) is 13.2 Å². The van der Waals surface area contributed by atoms with Crippen LogP contribution in [0.5, 0.6) is 0 Å². The highest BCUT2D eigenvalue weighted by Crippen LogP contribution is 2.15. The molecule has 1 atom stereocenters. The van der Waals surface area contributed by atoms with Crippen molar-refractivity contribution in [1.82, 2.24) is 5.32 Å². The van der Waals surface area contributed by atoms with E-state index in [0.29, 0.717) is 24.0 Å². The Morgan fingerprint density at radius 3 is 3.06 bits per heavy atom. The van der Waals surface area contributed by atoms with Gasteiger partial charge in [-0.05, 0) is 25.3 Å². The molecule has 1 fully saturated rings. The highest BCUT2D eigenvalue weighted by Gasteiger charge is 2.16. The van der Waals surface area contributed by atoms with E-state index in [0.717, 1.165) is 26.2 Å². The van der Waals surface area contributed by atoms with Crippen molar-refractivity contribution in [3.8, 4) is 0 Å². The molecule has 0 saturated carbocycles. The quantitative estimate of drug-likeness (QED) is 0.813. The molecule has 0 aliphatic carbocycles. The topological polar surface area (TPSA) is 71.7 Å². The zero-order valence-electron chi connectivity index (χ0n) is 9.86. The van der Waals surface area contributed by atoms with E-state index in [2.05, 4.69) is 5.32 Å². The maximum absolute atomic E-state index is 10.8. The van der Waals surface area contributed by atoms with E-state index >= 15 is 0 Å². The molecule has 0 amide bonds. The minimum absolute atomic E-state index is 0.242. The van der Waals surface area contributed by atoms with Gasteiger partial charge in [-0.15, -0.1) is 0 Å². The van der Waals surface area contributed by atoms with Crippen LogP contribution in [0, 0.1) is 12.8 Å². The average Bonchev–Trinajstić information content (AvgIpc) is 2.88. The number of hydrogen-bond donors (Lipinski definition) is 2.